The molecule has 0 aliphatic carbocycles. The lowest BCUT2D eigenvalue weighted by Gasteiger charge is -2.23. The Hall–Kier alpha value is -1.55. The summed E-state index contributed by atoms with van der Waals surface area (Å²) < 4.78 is 0. The van der Waals surface area contributed by atoms with Crippen molar-refractivity contribution in [3.63, 3.8) is 0 Å². The average molecular weight is 275 g/mol. The van der Waals surface area contributed by atoms with E-state index in [1.807, 2.05) is 25.2 Å². The van der Waals surface area contributed by atoms with Gasteiger partial charge < -0.3 is 15.5 Å². The number of amides is 1. The van der Waals surface area contributed by atoms with E-state index >= 15 is 0 Å². The maximum absolute atomic E-state index is 11.9. The zero-order valence-electron chi connectivity index (χ0n) is 12.3. The molecule has 20 heavy (non-hydrogen) atoms. The summed E-state index contributed by atoms with van der Waals surface area (Å²) in [5.74, 6) is 0.691. The molecule has 0 spiro atoms. The molecule has 1 aromatic carbocycles. The van der Waals surface area contributed by atoms with Gasteiger partial charge in [0.15, 0.2) is 0 Å². The number of nitrogens with one attached hydrogen (secondary N) is 2. The number of nitrogens with zero attached hydrogens (tertiary/aromatic N) is 1. The van der Waals surface area contributed by atoms with E-state index in [9.17, 15) is 4.79 Å². The highest BCUT2D eigenvalue weighted by molar-refractivity contribution is 5.76. The van der Waals surface area contributed by atoms with Crippen LogP contribution in [0.3, 0.4) is 0 Å². The molecular weight excluding hydrogens is 250 g/mol. The Morgan fingerprint density at radius 1 is 1.40 bits per heavy atom. The van der Waals surface area contributed by atoms with Gasteiger partial charge in [0.05, 0.1) is 0 Å². The number of hydrogen-bond acceptors (Lipinski definition) is 3. The smallest absolute Gasteiger partial charge is 0.220 e. The Labute approximate surface area is 121 Å². The van der Waals surface area contributed by atoms with Crippen LogP contribution in [0.5, 0.6) is 0 Å². The molecule has 2 rings (SSSR count). The molecule has 4 nitrogen and oxygen atoms in total. The van der Waals surface area contributed by atoms with E-state index in [0.29, 0.717) is 18.9 Å². The summed E-state index contributed by atoms with van der Waals surface area (Å²) in [6.45, 7) is 3.61. The van der Waals surface area contributed by atoms with Gasteiger partial charge in [0.1, 0.15) is 0 Å². The molecule has 0 radical (unpaired) electrons. The third-order valence-corrected chi connectivity index (χ3v) is 3.84. The molecule has 1 heterocycles. The second kappa shape index (κ2) is 7.90. The maximum Gasteiger partial charge on any atom is 0.220 e. The average Bonchev–Trinajstić information content (AvgIpc) is 2.49. The largest absolute Gasteiger partial charge is 0.373 e. The van der Waals surface area contributed by atoms with Crippen molar-refractivity contribution in [2.45, 2.75) is 19.3 Å². The molecule has 1 atom stereocenters. The predicted octanol–water partition coefficient (Wildman–Crippen LogP) is 1.63. The molecule has 2 N–H and O–H groups in total. The Morgan fingerprint density at radius 2 is 2.20 bits per heavy atom. The number of para-hydroxylation sites is 1. The number of rotatable bonds is 6. The van der Waals surface area contributed by atoms with Gasteiger partial charge in [0.2, 0.25) is 5.91 Å². The van der Waals surface area contributed by atoms with Gasteiger partial charge >= 0.3 is 0 Å². The third kappa shape index (κ3) is 4.85. The zero-order chi connectivity index (χ0) is 14.2. The summed E-state index contributed by atoms with van der Waals surface area (Å²) in [7, 11) is 2.05. The van der Waals surface area contributed by atoms with Gasteiger partial charge in [-0.2, -0.15) is 0 Å². The second-order valence-electron chi connectivity index (χ2n) is 5.52. The van der Waals surface area contributed by atoms with E-state index in [1.165, 1.54) is 18.5 Å². The fourth-order valence-electron chi connectivity index (χ4n) is 2.61. The van der Waals surface area contributed by atoms with E-state index < -0.39 is 0 Å². The van der Waals surface area contributed by atoms with Crippen LogP contribution in [0.25, 0.3) is 0 Å². The highest BCUT2D eigenvalue weighted by atomic mass is 16.1. The van der Waals surface area contributed by atoms with Crippen molar-refractivity contribution in [2.24, 2.45) is 5.92 Å². The first kappa shape index (κ1) is 14.9. The molecule has 1 fully saturated rings. The third-order valence-electron chi connectivity index (χ3n) is 3.84. The molecule has 1 unspecified atom stereocenters. The molecule has 0 aromatic heterocycles. The van der Waals surface area contributed by atoms with Gasteiger partial charge in [0.25, 0.3) is 0 Å². The van der Waals surface area contributed by atoms with Crippen LogP contribution in [0.1, 0.15) is 19.3 Å². The van der Waals surface area contributed by atoms with Crippen molar-refractivity contribution in [2.75, 3.05) is 38.1 Å². The van der Waals surface area contributed by atoms with Crippen LogP contribution in [0.15, 0.2) is 30.3 Å². The summed E-state index contributed by atoms with van der Waals surface area (Å²) >= 11 is 0. The van der Waals surface area contributed by atoms with Gasteiger partial charge in [-0.15, -0.1) is 0 Å². The highest BCUT2D eigenvalue weighted by Gasteiger charge is 2.16. The number of piperidine rings is 1. The Kier molecular flexibility index (Phi) is 5.87. The van der Waals surface area contributed by atoms with Gasteiger partial charge in [-0.1, -0.05) is 18.2 Å². The molecule has 110 valence electrons. The first-order valence-electron chi connectivity index (χ1n) is 7.49. The van der Waals surface area contributed by atoms with Gasteiger partial charge in [-0.3, -0.25) is 4.79 Å². The fraction of sp³-hybridized carbons (Fsp3) is 0.562. The zero-order valence-corrected chi connectivity index (χ0v) is 12.3. The summed E-state index contributed by atoms with van der Waals surface area (Å²) in [6, 6.07) is 10.2. The minimum absolute atomic E-state index is 0.181. The molecule has 1 saturated heterocycles. The summed E-state index contributed by atoms with van der Waals surface area (Å²) in [5, 5.41) is 6.37. The summed E-state index contributed by atoms with van der Waals surface area (Å²) in [4.78, 5) is 14.0. The Bertz CT molecular complexity index is 401. The molecule has 1 aliphatic rings. The van der Waals surface area contributed by atoms with E-state index in [0.717, 1.165) is 19.6 Å². The monoisotopic (exact) mass is 275 g/mol. The number of benzene rings is 1. The molecule has 0 saturated carbocycles. The first-order chi connectivity index (χ1) is 9.75. The SMILES string of the molecule is CN(CCNC(=O)CC1CCCNC1)c1ccccc1. The number of likely N-dealkylation sites (N-methyl/N-ethyl adjacent to an activating group) is 1. The van der Waals surface area contributed by atoms with Crippen LogP contribution in [0.2, 0.25) is 0 Å². The topological polar surface area (TPSA) is 44.4 Å². The number of carbonyl (C=O) groups is 1. The van der Waals surface area contributed by atoms with Crippen LogP contribution in [0, 0.1) is 5.92 Å². The number of hydrogen-bond donors (Lipinski definition) is 2. The van der Waals surface area contributed by atoms with Crippen LogP contribution in [-0.4, -0.2) is 39.1 Å². The Morgan fingerprint density at radius 3 is 2.90 bits per heavy atom. The lowest BCUT2D eigenvalue weighted by atomic mass is 9.96. The van der Waals surface area contributed by atoms with Crippen LogP contribution in [-0.2, 0) is 4.79 Å². The maximum atomic E-state index is 11.9. The lowest BCUT2D eigenvalue weighted by molar-refractivity contribution is -0.122. The quantitative estimate of drug-likeness (QED) is 0.829. The van der Waals surface area contributed by atoms with Crippen molar-refractivity contribution in [3.8, 4) is 0 Å². The van der Waals surface area contributed by atoms with Crippen LogP contribution in [0.4, 0.5) is 5.69 Å². The molecule has 1 aromatic rings. The minimum Gasteiger partial charge on any atom is -0.373 e. The first-order valence-corrected chi connectivity index (χ1v) is 7.49. The predicted molar refractivity (Wildman–Crippen MR) is 82.9 cm³/mol. The number of anilines is 1. The van der Waals surface area contributed by atoms with Crippen molar-refractivity contribution >= 4 is 11.6 Å². The molecule has 1 aliphatic heterocycles. The lowest BCUT2D eigenvalue weighted by Crippen LogP contribution is -2.36. The van der Waals surface area contributed by atoms with Crippen molar-refractivity contribution in [3.05, 3.63) is 30.3 Å². The molecule has 0 bridgehead atoms. The summed E-state index contributed by atoms with van der Waals surface area (Å²) in [6.07, 6.45) is 3.01. The van der Waals surface area contributed by atoms with Gasteiger partial charge in [-0.25, -0.2) is 0 Å². The normalized spacial score (nSPS) is 18.6. The van der Waals surface area contributed by atoms with E-state index in [1.54, 1.807) is 0 Å². The van der Waals surface area contributed by atoms with E-state index in [2.05, 4.69) is 27.7 Å². The van der Waals surface area contributed by atoms with Gasteiger partial charge in [0, 0.05) is 32.2 Å². The summed E-state index contributed by atoms with van der Waals surface area (Å²) in [5.41, 5.74) is 1.18. The van der Waals surface area contributed by atoms with Crippen molar-refractivity contribution in [1.29, 1.82) is 0 Å². The minimum atomic E-state index is 0.181. The second-order valence-corrected chi connectivity index (χ2v) is 5.52. The van der Waals surface area contributed by atoms with Crippen molar-refractivity contribution < 1.29 is 4.79 Å². The number of carbonyl (C=O) groups excluding carboxylic acids is 1. The van der Waals surface area contributed by atoms with Gasteiger partial charge in [-0.05, 0) is 44.0 Å². The van der Waals surface area contributed by atoms with Crippen LogP contribution >= 0.6 is 0 Å². The molecule has 1 amide bonds. The standard InChI is InChI=1S/C16H25N3O/c1-19(15-7-3-2-4-8-15)11-10-18-16(20)12-14-6-5-9-17-13-14/h2-4,7-8,14,17H,5-6,9-13H2,1H3,(H,18,20). The molecular formula is C16H25N3O. The fourth-order valence-corrected chi connectivity index (χ4v) is 2.61. The van der Waals surface area contributed by atoms with Crippen LogP contribution < -0.4 is 15.5 Å². The van der Waals surface area contributed by atoms with E-state index in [4.69, 9.17) is 0 Å². The Balaban J connectivity index is 1.63. The highest BCUT2D eigenvalue weighted by Crippen LogP contribution is 2.13. The van der Waals surface area contributed by atoms with E-state index in [-0.39, 0.29) is 5.91 Å². The van der Waals surface area contributed by atoms with Crippen molar-refractivity contribution in [1.82, 2.24) is 10.6 Å². The molecule has 4 heteroatoms.